The lowest BCUT2D eigenvalue weighted by molar-refractivity contribution is 0.352. The summed E-state index contributed by atoms with van der Waals surface area (Å²) in [6.45, 7) is 0. The Labute approximate surface area is 69.0 Å². The van der Waals surface area contributed by atoms with Crippen LogP contribution in [0.2, 0.25) is 0 Å². The van der Waals surface area contributed by atoms with E-state index in [-0.39, 0.29) is 0 Å². The molecule has 3 N–H and O–H groups in total. The van der Waals surface area contributed by atoms with Gasteiger partial charge in [-0.25, -0.2) is 0 Å². The van der Waals surface area contributed by atoms with Crippen LogP contribution >= 0.6 is 0 Å². The summed E-state index contributed by atoms with van der Waals surface area (Å²) in [4.78, 5) is 0. The van der Waals surface area contributed by atoms with Crippen LogP contribution in [0.4, 0.5) is 0 Å². The Morgan fingerprint density at radius 3 is 3.00 bits per heavy atom. The van der Waals surface area contributed by atoms with Gasteiger partial charge in [-0.2, -0.15) is 0 Å². The number of hydrogen-bond donors (Lipinski definition) is 2. The van der Waals surface area contributed by atoms with Gasteiger partial charge in [-0.3, -0.25) is 0 Å². The Balaban J connectivity index is 2.12. The first kappa shape index (κ1) is 9.04. The number of nitrogens with two attached hydrogens (primary N) is 1. The SMILES string of the molecule is COBNC1CCCC(N)C1. The van der Waals surface area contributed by atoms with Gasteiger partial charge in [-0.15, -0.1) is 0 Å². The average Bonchev–Trinajstić information content (AvgIpc) is 2.01. The Morgan fingerprint density at radius 1 is 1.55 bits per heavy atom. The molecule has 11 heavy (non-hydrogen) atoms. The highest BCUT2D eigenvalue weighted by atomic mass is 16.4. The minimum Gasteiger partial charge on any atom is -0.427 e. The molecule has 2 atom stereocenters. The van der Waals surface area contributed by atoms with Crippen molar-refractivity contribution in [3.63, 3.8) is 0 Å². The predicted octanol–water partition coefficient (Wildman–Crippen LogP) is -0.241. The van der Waals surface area contributed by atoms with E-state index in [1.165, 1.54) is 19.3 Å². The summed E-state index contributed by atoms with van der Waals surface area (Å²) in [5.41, 5.74) is 5.82. The summed E-state index contributed by atoms with van der Waals surface area (Å²) < 4.78 is 4.93. The van der Waals surface area contributed by atoms with E-state index >= 15 is 0 Å². The maximum absolute atomic E-state index is 5.82. The van der Waals surface area contributed by atoms with Crippen LogP contribution < -0.4 is 11.0 Å². The summed E-state index contributed by atoms with van der Waals surface area (Å²) in [6, 6.07) is 0.983. The van der Waals surface area contributed by atoms with E-state index in [0.717, 1.165) is 6.42 Å². The van der Waals surface area contributed by atoms with Crippen LogP contribution in [-0.2, 0) is 4.65 Å². The lowest BCUT2D eigenvalue weighted by atomic mass is 9.90. The largest absolute Gasteiger partial charge is 0.427 e. The second kappa shape index (κ2) is 4.75. The van der Waals surface area contributed by atoms with Gasteiger partial charge in [0.15, 0.2) is 0 Å². The molecule has 2 unspecified atom stereocenters. The van der Waals surface area contributed by atoms with Crippen molar-refractivity contribution in [3.8, 4) is 0 Å². The molecule has 1 aliphatic rings. The quantitative estimate of drug-likeness (QED) is 0.554. The first-order chi connectivity index (χ1) is 5.33. The average molecular weight is 156 g/mol. The smallest absolute Gasteiger partial charge is 0.360 e. The lowest BCUT2D eigenvalue weighted by Crippen LogP contribution is -2.41. The summed E-state index contributed by atoms with van der Waals surface area (Å²) in [6.07, 6.45) is 4.79. The number of nitrogens with one attached hydrogen (secondary N) is 1. The topological polar surface area (TPSA) is 47.3 Å². The van der Waals surface area contributed by atoms with Gasteiger partial charge in [-0.1, -0.05) is 6.42 Å². The van der Waals surface area contributed by atoms with Gasteiger partial charge in [0.1, 0.15) is 0 Å². The van der Waals surface area contributed by atoms with Crippen LogP contribution in [0.3, 0.4) is 0 Å². The van der Waals surface area contributed by atoms with Crippen LogP contribution in [0.15, 0.2) is 0 Å². The molecule has 0 aromatic carbocycles. The van der Waals surface area contributed by atoms with Crippen LogP contribution in [0.1, 0.15) is 25.7 Å². The van der Waals surface area contributed by atoms with Gasteiger partial charge in [0.05, 0.1) is 0 Å². The fourth-order valence-electron chi connectivity index (χ4n) is 1.61. The van der Waals surface area contributed by atoms with E-state index in [9.17, 15) is 0 Å². The molecule has 0 aliphatic heterocycles. The monoisotopic (exact) mass is 156 g/mol. The van der Waals surface area contributed by atoms with Crippen molar-refractivity contribution in [2.24, 2.45) is 5.73 Å². The van der Waals surface area contributed by atoms with E-state index in [4.69, 9.17) is 10.4 Å². The minimum absolute atomic E-state index is 0.401. The summed E-state index contributed by atoms with van der Waals surface area (Å²) in [5.74, 6) is 0. The van der Waals surface area contributed by atoms with Gasteiger partial charge in [0.2, 0.25) is 0 Å². The third kappa shape index (κ3) is 3.23. The number of rotatable bonds is 3. The highest BCUT2D eigenvalue weighted by Crippen LogP contribution is 2.16. The first-order valence-electron chi connectivity index (χ1n) is 4.31. The molecule has 3 nitrogen and oxygen atoms in total. The van der Waals surface area contributed by atoms with E-state index in [2.05, 4.69) is 5.23 Å². The zero-order valence-electron chi connectivity index (χ0n) is 7.18. The maximum Gasteiger partial charge on any atom is 0.360 e. The van der Waals surface area contributed by atoms with Crippen molar-refractivity contribution in [2.75, 3.05) is 7.11 Å². The Hall–Kier alpha value is -0.0551. The second-order valence-corrected chi connectivity index (χ2v) is 3.26. The third-order valence-corrected chi connectivity index (χ3v) is 2.23. The van der Waals surface area contributed by atoms with Crippen LogP contribution in [0, 0.1) is 0 Å². The summed E-state index contributed by atoms with van der Waals surface area (Å²) in [7, 11) is 2.35. The standard InChI is InChI=1S/C7H17BN2O/c1-11-8-10-7-4-2-3-6(9)5-7/h6-8,10H,2-5,9H2,1H3. The molecular formula is C7H17BN2O. The van der Waals surface area contributed by atoms with Crippen LogP contribution in [0.25, 0.3) is 0 Å². The molecule has 0 amide bonds. The zero-order valence-corrected chi connectivity index (χ0v) is 7.18. The third-order valence-electron chi connectivity index (χ3n) is 2.23. The molecule has 0 aromatic heterocycles. The molecule has 0 radical (unpaired) electrons. The Bertz CT molecular complexity index is 113. The van der Waals surface area contributed by atoms with Crippen molar-refractivity contribution in [3.05, 3.63) is 0 Å². The number of hydrogen-bond acceptors (Lipinski definition) is 3. The second-order valence-electron chi connectivity index (χ2n) is 3.26. The molecule has 0 heterocycles. The molecule has 1 saturated carbocycles. The fourth-order valence-corrected chi connectivity index (χ4v) is 1.61. The van der Waals surface area contributed by atoms with Gasteiger partial charge >= 0.3 is 7.62 Å². The van der Waals surface area contributed by atoms with E-state index < -0.39 is 0 Å². The maximum atomic E-state index is 5.82. The highest BCUT2D eigenvalue weighted by molar-refractivity contribution is 6.23. The molecule has 1 aliphatic carbocycles. The molecule has 0 aromatic rings. The predicted molar refractivity (Wildman–Crippen MR) is 47.5 cm³/mol. The van der Waals surface area contributed by atoms with Crippen molar-refractivity contribution in [2.45, 2.75) is 37.8 Å². The van der Waals surface area contributed by atoms with Crippen molar-refractivity contribution in [1.29, 1.82) is 0 Å². The highest BCUT2D eigenvalue weighted by Gasteiger charge is 2.18. The van der Waals surface area contributed by atoms with E-state index in [0.29, 0.717) is 19.7 Å². The fraction of sp³-hybridized carbons (Fsp3) is 1.00. The van der Waals surface area contributed by atoms with Gasteiger partial charge in [-0.05, 0) is 25.3 Å². The Kier molecular flexibility index (Phi) is 3.90. The molecule has 1 fully saturated rings. The van der Waals surface area contributed by atoms with E-state index in [1.807, 2.05) is 0 Å². The summed E-state index contributed by atoms with van der Waals surface area (Å²) in [5, 5.41) is 3.30. The molecule has 1 rings (SSSR count). The zero-order chi connectivity index (χ0) is 8.10. The van der Waals surface area contributed by atoms with E-state index in [1.54, 1.807) is 7.11 Å². The molecule has 4 heteroatoms. The molecule has 0 bridgehead atoms. The molecular weight excluding hydrogens is 139 g/mol. The van der Waals surface area contributed by atoms with Crippen molar-refractivity contribution >= 4 is 7.62 Å². The lowest BCUT2D eigenvalue weighted by Gasteiger charge is -2.26. The van der Waals surface area contributed by atoms with Gasteiger partial charge in [0, 0.05) is 13.2 Å². The van der Waals surface area contributed by atoms with Gasteiger partial charge < -0.3 is 15.6 Å². The minimum atomic E-state index is 0.401. The van der Waals surface area contributed by atoms with Gasteiger partial charge in [0.25, 0.3) is 0 Å². The van der Waals surface area contributed by atoms with Crippen LogP contribution in [-0.4, -0.2) is 26.8 Å². The summed E-state index contributed by atoms with van der Waals surface area (Å²) >= 11 is 0. The Morgan fingerprint density at radius 2 is 2.36 bits per heavy atom. The molecule has 64 valence electrons. The van der Waals surface area contributed by atoms with Crippen molar-refractivity contribution in [1.82, 2.24) is 5.23 Å². The first-order valence-corrected chi connectivity index (χ1v) is 4.31. The normalized spacial score (nSPS) is 31.8. The van der Waals surface area contributed by atoms with Crippen molar-refractivity contribution < 1.29 is 4.65 Å². The molecule has 0 saturated heterocycles. The molecule has 0 spiro atoms. The van der Waals surface area contributed by atoms with Crippen LogP contribution in [0.5, 0.6) is 0 Å².